The van der Waals surface area contributed by atoms with Crippen molar-refractivity contribution >= 4 is 5.78 Å². The predicted octanol–water partition coefficient (Wildman–Crippen LogP) is 3.37. The molecule has 2 N–H and O–H groups in total. The lowest BCUT2D eigenvalue weighted by Crippen LogP contribution is -2.20. The molecule has 2 aromatic rings. The minimum atomic E-state index is -0.468. The maximum Gasteiger partial charge on any atom is 0.174 e. The van der Waals surface area contributed by atoms with Crippen molar-refractivity contribution in [2.75, 3.05) is 6.61 Å². The molecule has 0 spiro atoms. The molecule has 0 radical (unpaired) electrons. The zero-order chi connectivity index (χ0) is 16.4. The van der Waals surface area contributed by atoms with E-state index in [9.17, 15) is 15.0 Å². The molecule has 1 aliphatic heterocycles. The van der Waals surface area contributed by atoms with Gasteiger partial charge in [0.25, 0.3) is 0 Å². The number of phenolic OH excluding ortho intramolecular Hbond substituents is 2. The fourth-order valence-electron chi connectivity index (χ4n) is 2.53. The highest BCUT2D eigenvalue weighted by molar-refractivity contribution is 6.02. The Hall–Kier alpha value is -2.95. The summed E-state index contributed by atoms with van der Waals surface area (Å²) in [4.78, 5) is 12.3. The molecule has 1 aliphatic rings. The summed E-state index contributed by atoms with van der Waals surface area (Å²) in [6.07, 6.45) is 1.24. The van der Waals surface area contributed by atoms with Crippen LogP contribution in [0.5, 0.6) is 23.0 Å². The summed E-state index contributed by atoms with van der Waals surface area (Å²) in [6, 6.07) is 9.47. The summed E-state index contributed by atoms with van der Waals surface area (Å²) < 4.78 is 11.3. The average molecular weight is 312 g/mol. The molecule has 5 heteroatoms. The van der Waals surface area contributed by atoms with Crippen molar-refractivity contribution in [3.05, 3.63) is 60.2 Å². The number of fused-ring (bicyclic) bond motifs is 1. The summed E-state index contributed by atoms with van der Waals surface area (Å²) >= 11 is 0. The molecular formula is C18H16O5. The Morgan fingerprint density at radius 2 is 2.00 bits per heavy atom. The van der Waals surface area contributed by atoms with Gasteiger partial charge in [-0.2, -0.15) is 0 Å². The normalized spacial score (nSPS) is 16.3. The Balaban J connectivity index is 1.94. The first kappa shape index (κ1) is 15.0. The van der Waals surface area contributed by atoms with Crippen LogP contribution in [0.1, 0.15) is 28.4 Å². The number of carbonyl (C=O) groups is 1. The van der Waals surface area contributed by atoms with Crippen molar-refractivity contribution in [3.8, 4) is 23.0 Å². The van der Waals surface area contributed by atoms with Gasteiger partial charge in [-0.3, -0.25) is 4.79 Å². The summed E-state index contributed by atoms with van der Waals surface area (Å²) in [5, 5.41) is 19.4. The highest BCUT2D eigenvalue weighted by Gasteiger charge is 2.30. The molecule has 0 bridgehead atoms. The van der Waals surface area contributed by atoms with Gasteiger partial charge >= 0.3 is 0 Å². The van der Waals surface area contributed by atoms with Gasteiger partial charge < -0.3 is 19.7 Å². The second-order valence-corrected chi connectivity index (χ2v) is 5.24. The lowest BCUT2D eigenvalue weighted by molar-refractivity contribution is 0.0844. The number of hydrogen-bond donors (Lipinski definition) is 2. The molecular weight excluding hydrogens is 296 g/mol. The third-order valence-electron chi connectivity index (χ3n) is 3.61. The van der Waals surface area contributed by atoms with Gasteiger partial charge in [0.2, 0.25) is 0 Å². The second-order valence-electron chi connectivity index (χ2n) is 5.24. The second kappa shape index (κ2) is 6.04. The monoisotopic (exact) mass is 312 g/mol. The molecule has 2 aromatic carbocycles. The predicted molar refractivity (Wildman–Crippen MR) is 84.2 cm³/mol. The van der Waals surface area contributed by atoms with E-state index in [0.29, 0.717) is 11.5 Å². The SMILES string of the molecule is C=CCOc1cc(O)c2c(c1)OC(c1ccc(O)cc1)CC2=O. The molecule has 5 nitrogen and oxygen atoms in total. The summed E-state index contributed by atoms with van der Waals surface area (Å²) in [6.45, 7) is 3.85. The fourth-order valence-corrected chi connectivity index (χ4v) is 2.53. The zero-order valence-corrected chi connectivity index (χ0v) is 12.4. The van der Waals surface area contributed by atoms with Crippen molar-refractivity contribution < 1.29 is 24.5 Å². The molecule has 3 rings (SSSR count). The number of carbonyl (C=O) groups excluding carboxylic acids is 1. The maximum absolute atomic E-state index is 12.3. The van der Waals surface area contributed by atoms with Crippen molar-refractivity contribution in [2.24, 2.45) is 0 Å². The number of hydrogen-bond acceptors (Lipinski definition) is 5. The fraction of sp³-hybridized carbons (Fsp3) is 0.167. The van der Waals surface area contributed by atoms with E-state index in [4.69, 9.17) is 9.47 Å². The van der Waals surface area contributed by atoms with Crippen LogP contribution in [0.2, 0.25) is 0 Å². The Bertz CT molecular complexity index is 749. The van der Waals surface area contributed by atoms with Gasteiger partial charge in [0.1, 0.15) is 41.3 Å². The smallest absolute Gasteiger partial charge is 0.174 e. The summed E-state index contributed by atoms with van der Waals surface area (Å²) in [5.41, 5.74) is 0.949. The molecule has 118 valence electrons. The van der Waals surface area contributed by atoms with Crippen molar-refractivity contribution in [3.63, 3.8) is 0 Å². The number of rotatable bonds is 4. The van der Waals surface area contributed by atoms with E-state index in [-0.39, 0.29) is 35.9 Å². The first-order valence-electron chi connectivity index (χ1n) is 7.18. The van der Waals surface area contributed by atoms with Crippen molar-refractivity contribution in [1.29, 1.82) is 0 Å². The number of ether oxygens (including phenoxy) is 2. The molecule has 1 atom stereocenters. The lowest BCUT2D eigenvalue weighted by Gasteiger charge is -2.26. The molecule has 0 saturated carbocycles. The highest BCUT2D eigenvalue weighted by Crippen LogP contribution is 2.42. The van der Waals surface area contributed by atoms with E-state index in [0.717, 1.165) is 5.56 Å². The maximum atomic E-state index is 12.3. The zero-order valence-electron chi connectivity index (χ0n) is 12.4. The van der Waals surface area contributed by atoms with Gasteiger partial charge in [-0.1, -0.05) is 24.8 Å². The average Bonchev–Trinajstić information content (AvgIpc) is 2.52. The quantitative estimate of drug-likeness (QED) is 0.847. The van der Waals surface area contributed by atoms with E-state index in [1.54, 1.807) is 36.4 Å². The van der Waals surface area contributed by atoms with Gasteiger partial charge in [0.15, 0.2) is 5.78 Å². The number of benzene rings is 2. The summed E-state index contributed by atoms with van der Waals surface area (Å²) in [7, 11) is 0. The number of Topliss-reactive ketones (excluding diaryl/α,β-unsaturated/α-hetero) is 1. The van der Waals surface area contributed by atoms with E-state index < -0.39 is 6.10 Å². The van der Waals surface area contributed by atoms with Gasteiger partial charge in [0, 0.05) is 12.1 Å². The molecule has 0 aromatic heterocycles. The largest absolute Gasteiger partial charge is 0.508 e. The van der Waals surface area contributed by atoms with Crippen LogP contribution < -0.4 is 9.47 Å². The molecule has 0 aliphatic carbocycles. The molecule has 0 saturated heterocycles. The van der Waals surface area contributed by atoms with E-state index in [1.807, 2.05) is 0 Å². The van der Waals surface area contributed by atoms with Crippen LogP contribution >= 0.6 is 0 Å². The van der Waals surface area contributed by atoms with E-state index in [1.165, 1.54) is 6.07 Å². The van der Waals surface area contributed by atoms with Crippen LogP contribution in [0.15, 0.2) is 49.1 Å². The van der Waals surface area contributed by atoms with Gasteiger partial charge in [-0.15, -0.1) is 0 Å². The molecule has 1 heterocycles. The van der Waals surface area contributed by atoms with Crippen LogP contribution in [0, 0.1) is 0 Å². The van der Waals surface area contributed by atoms with Crippen molar-refractivity contribution in [1.82, 2.24) is 0 Å². The van der Waals surface area contributed by atoms with E-state index >= 15 is 0 Å². The standard InChI is InChI=1S/C18H16O5/c1-2-7-22-13-8-14(20)18-15(21)10-16(23-17(18)9-13)11-3-5-12(19)6-4-11/h2-6,8-9,16,19-20H,1,7,10H2. The van der Waals surface area contributed by atoms with Crippen LogP contribution in [0.3, 0.4) is 0 Å². The minimum Gasteiger partial charge on any atom is -0.508 e. The van der Waals surface area contributed by atoms with Crippen LogP contribution in [0.4, 0.5) is 0 Å². The minimum absolute atomic E-state index is 0.123. The third-order valence-corrected chi connectivity index (χ3v) is 3.61. The topological polar surface area (TPSA) is 76.0 Å². The number of ketones is 1. The van der Waals surface area contributed by atoms with Crippen LogP contribution in [0.25, 0.3) is 0 Å². The Morgan fingerprint density at radius 3 is 2.70 bits per heavy atom. The van der Waals surface area contributed by atoms with Gasteiger partial charge in [-0.05, 0) is 17.7 Å². The Labute approximate surface area is 133 Å². The van der Waals surface area contributed by atoms with Crippen LogP contribution in [-0.2, 0) is 0 Å². The number of aromatic hydroxyl groups is 2. The molecule has 23 heavy (non-hydrogen) atoms. The molecule has 0 amide bonds. The third kappa shape index (κ3) is 2.99. The van der Waals surface area contributed by atoms with Gasteiger partial charge in [-0.25, -0.2) is 0 Å². The van der Waals surface area contributed by atoms with Crippen LogP contribution in [-0.4, -0.2) is 22.6 Å². The lowest BCUT2D eigenvalue weighted by atomic mass is 9.95. The van der Waals surface area contributed by atoms with Crippen molar-refractivity contribution in [2.45, 2.75) is 12.5 Å². The number of phenols is 2. The summed E-state index contributed by atoms with van der Waals surface area (Å²) in [5.74, 6) is 0.487. The highest BCUT2D eigenvalue weighted by atomic mass is 16.5. The molecule has 0 fully saturated rings. The first-order chi connectivity index (χ1) is 11.1. The Kier molecular flexibility index (Phi) is 3.93. The van der Waals surface area contributed by atoms with E-state index in [2.05, 4.69) is 6.58 Å². The first-order valence-corrected chi connectivity index (χ1v) is 7.18. The van der Waals surface area contributed by atoms with Gasteiger partial charge in [0.05, 0.1) is 6.42 Å². The Morgan fingerprint density at radius 1 is 1.26 bits per heavy atom. The molecule has 1 unspecified atom stereocenters.